The summed E-state index contributed by atoms with van der Waals surface area (Å²) >= 11 is 7.64. The molecule has 0 radical (unpaired) electrons. The Balaban J connectivity index is 1.47. The van der Waals surface area contributed by atoms with Gasteiger partial charge < -0.3 is 4.74 Å². The normalized spacial score (nSPS) is 18.5. The quantitative estimate of drug-likeness (QED) is 0.312. The number of fused-ring (bicyclic) bond motifs is 1. The summed E-state index contributed by atoms with van der Waals surface area (Å²) in [7, 11) is -3.72. The molecule has 2 aromatic heterocycles. The van der Waals surface area contributed by atoms with Crippen molar-refractivity contribution in [2.45, 2.75) is 44.4 Å². The van der Waals surface area contributed by atoms with E-state index in [1.54, 1.807) is 29.4 Å². The number of pyridine rings is 1. The van der Waals surface area contributed by atoms with Crippen molar-refractivity contribution in [1.82, 2.24) is 14.3 Å². The van der Waals surface area contributed by atoms with Crippen LogP contribution in [0.4, 0.5) is 5.13 Å². The Morgan fingerprint density at radius 3 is 2.42 bits per heavy atom. The molecule has 0 N–H and O–H groups in total. The van der Waals surface area contributed by atoms with Gasteiger partial charge in [-0.2, -0.15) is 4.31 Å². The first kappa shape index (κ1) is 26.7. The number of benzene rings is 2. The number of nitrogens with zero attached hydrogens (tertiary/aromatic N) is 4. The molecule has 0 bridgehead atoms. The first-order valence-corrected chi connectivity index (χ1v) is 14.8. The third kappa shape index (κ3) is 5.45. The van der Waals surface area contributed by atoms with Gasteiger partial charge in [-0.25, -0.2) is 13.4 Å². The second kappa shape index (κ2) is 10.7. The highest BCUT2D eigenvalue weighted by molar-refractivity contribution is 7.89. The van der Waals surface area contributed by atoms with Crippen LogP contribution in [0.5, 0.6) is 0 Å². The summed E-state index contributed by atoms with van der Waals surface area (Å²) in [5.41, 5.74) is 2.96. The molecule has 1 aliphatic rings. The number of aromatic nitrogens is 2. The van der Waals surface area contributed by atoms with Crippen molar-refractivity contribution in [3.63, 3.8) is 0 Å². The van der Waals surface area contributed by atoms with E-state index in [0.29, 0.717) is 15.7 Å². The summed E-state index contributed by atoms with van der Waals surface area (Å²) in [5.74, 6) is -0.290. The van der Waals surface area contributed by atoms with Crippen molar-refractivity contribution in [2.24, 2.45) is 0 Å². The van der Waals surface area contributed by atoms with Crippen molar-refractivity contribution in [3.8, 4) is 0 Å². The Bertz CT molecular complexity index is 1570. The molecule has 1 fully saturated rings. The highest BCUT2D eigenvalue weighted by atomic mass is 35.5. The summed E-state index contributed by atoms with van der Waals surface area (Å²) in [6.45, 7) is 6.49. The number of anilines is 1. The van der Waals surface area contributed by atoms with Gasteiger partial charge in [0.15, 0.2) is 5.13 Å². The largest absolute Gasteiger partial charge is 0.373 e. The lowest BCUT2D eigenvalue weighted by Crippen LogP contribution is -2.48. The number of sulfonamides is 1. The fraction of sp³-hybridized carbons (Fsp3) is 0.296. The van der Waals surface area contributed by atoms with Crippen LogP contribution in [0.25, 0.3) is 10.2 Å². The average molecular weight is 571 g/mol. The molecule has 4 aromatic rings. The number of hydrogen-bond donors (Lipinski definition) is 0. The van der Waals surface area contributed by atoms with E-state index in [1.807, 2.05) is 45.0 Å². The number of ether oxygens (including phenoxy) is 1. The number of halogens is 1. The van der Waals surface area contributed by atoms with E-state index in [2.05, 4.69) is 4.98 Å². The molecule has 0 spiro atoms. The van der Waals surface area contributed by atoms with Crippen molar-refractivity contribution >= 4 is 54.2 Å². The zero-order valence-corrected chi connectivity index (χ0v) is 23.6. The molecule has 2 unspecified atom stereocenters. The number of carbonyl (C=O) groups excluding carboxylic acids is 1. The smallest absolute Gasteiger partial charge is 0.260 e. The minimum atomic E-state index is -3.72. The average Bonchev–Trinajstić information content (AvgIpc) is 3.31. The zero-order chi connectivity index (χ0) is 27.0. The number of aryl methyl sites for hydroxylation is 1. The molecule has 1 saturated heterocycles. The lowest BCUT2D eigenvalue weighted by Gasteiger charge is -2.34. The van der Waals surface area contributed by atoms with Crippen molar-refractivity contribution in [1.29, 1.82) is 0 Å². The Morgan fingerprint density at radius 1 is 1.11 bits per heavy atom. The van der Waals surface area contributed by atoms with Crippen LogP contribution in [-0.4, -0.2) is 53.9 Å². The highest BCUT2D eigenvalue weighted by Crippen LogP contribution is 2.34. The molecule has 3 heterocycles. The van der Waals surface area contributed by atoms with Gasteiger partial charge in [0, 0.05) is 36.1 Å². The maximum Gasteiger partial charge on any atom is 0.260 e. The van der Waals surface area contributed by atoms with E-state index in [-0.39, 0.29) is 42.6 Å². The van der Waals surface area contributed by atoms with Gasteiger partial charge in [-0.05, 0) is 80.4 Å². The summed E-state index contributed by atoms with van der Waals surface area (Å²) < 4.78 is 34.5. The van der Waals surface area contributed by atoms with Gasteiger partial charge in [0.25, 0.3) is 5.91 Å². The monoisotopic (exact) mass is 570 g/mol. The second-order valence-electron chi connectivity index (χ2n) is 9.42. The van der Waals surface area contributed by atoms with E-state index >= 15 is 0 Å². The van der Waals surface area contributed by atoms with Crippen LogP contribution in [0.2, 0.25) is 5.02 Å². The van der Waals surface area contributed by atoms with Gasteiger partial charge in [-0.1, -0.05) is 22.9 Å². The molecule has 198 valence electrons. The van der Waals surface area contributed by atoms with Gasteiger partial charge in [-0.3, -0.25) is 14.7 Å². The summed E-state index contributed by atoms with van der Waals surface area (Å²) in [6.07, 6.45) is 2.97. The second-order valence-corrected chi connectivity index (χ2v) is 12.8. The Hall–Kier alpha value is -2.89. The highest BCUT2D eigenvalue weighted by Gasteiger charge is 2.32. The topological polar surface area (TPSA) is 92.7 Å². The molecule has 0 aliphatic carbocycles. The first-order valence-electron chi connectivity index (χ1n) is 12.1. The van der Waals surface area contributed by atoms with E-state index in [0.717, 1.165) is 21.3 Å². The summed E-state index contributed by atoms with van der Waals surface area (Å²) in [6, 6.07) is 13.5. The van der Waals surface area contributed by atoms with Gasteiger partial charge in [-0.15, -0.1) is 0 Å². The fourth-order valence-corrected chi connectivity index (χ4v) is 7.57. The predicted octanol–water partition coefficient (Wildman–Crippen LogP) is 5.30. The molecule has 11 heteroatoms. The molecule has 8 nitrogen and oxygen atoms in total. The summed E-state index contributed by atoms with van der Waals surface area (Å²) in [4.78, 5) is 24.4. The van der Waals surface area contributed by atoms with Crippen LogP contribution in [0.3, 0.4) is 0 Å². The van der Waals surface area contributed by atoms with Crippen LogP contribution >= 0.6 is 22.9 Å². The number of thiazole rings is 1. The number of rotatable bonds is 6. The first-order chi connectivity index (χ1) is 18.1. The van der Waals surface area contributed by atoms with Crippen LogP contribution in [0.15, 0.2) is 65.8 Å². The number of carbonyl (C=O) groups is 1. The predicted molar refractivity (Wildman–Crippen MR) is 149 cm³/mol. The van der Waals surface area contributed by atoms with Crippen LogP contribution in [0.1, 0.15) is 35.3 Å². The molecule has 5 rings (SSSR count). The molecule has 2 aromatic carbocycles. The third-order valence-corrected chi connectivity index (χ3v) is 9.42. The SMILES string of the molecule is Cc1cc(Cl)cc2sc(N(Cc3ccncc3)C(=O)c3ccc(S(=O)(=O)N4CC(C)OC(C)C4)cc3)nc12. The molecule has 1 amide bonds. The van der Waals surface area contributed by atoms with E-state index in [9.17, 15) is 13.2 Å². The van der Waals surface area contributed by atoms with Crippen LogP contribution < -0.4 is 4.90 Å². The van der Waals surface area contributed by atoms with Gasteiger partial charge >= 0.3 is 0 Å². The van der Waals surface area contributed by atoms with Crippen molar-refractivity contribution in [3.05, 3.63) is 82.6 Å². The maximum absolute atomic E-state index is 13.8. The van der Waals surface area contributed by atoms with Crippen LogP contribution in [0, 0.1) is 6.92 Å². The minimum Gasteiger partial charge on any atom is -0.373 e. The molecular weight excluding hydrogens is 544 g/mol. The van der Waals surface area contributed by atoms with Gasteiger partial charge in [0.1, 0.15) is 0 Å². The number of hydrogen-bond acceptors (Lipinski definition) is 7. The standard InChI is InChI=1S/C27H27ClN4O4S2/c1-17-12-22(28)13-24-25(17)30-27(37-24)32(16-20-8-10-29-11-9-20)26(33)21-4-6-23(7-5-21)38(34,35)31-14-18(2)36-19(3)15-31/h4-13,18-19H,14-16H2,1-3H3. The number of morpholine rings is 1. The zero-order valence-electron chi connectivity index (χ0n) is 21.2. The van der Waals surface area contributed by atoms with Crippen molar-refractivity contribution < 1.29 is 17.9 Å². The summed E-state index contributed by atoms with van der Waals surface area (Å²) in [5, 5.41) is 1.14. The van der Waals surface area contributed by atoms with E-state index in [4.69, 9.17) is 21.3 Å². The van der Waals surface area contributed by atoms with Crippen molar-refractivity contribution in [2.75, 3.05) is 18.0 Å². The molecular formula is C27H27ClN4O4S2. The number of amides is 1. The van der Waals surface area contributed by atoms with E-state index < -0.39 is 10.0 Å². The Kier molecular flexibility index (Phi) is 7.52. The minimum absolute atomic E-state index is 0.140. The lowest BCUT2D eigenvalue weighted by molar-refractivity contribution is -0.0440. The van der Waals surface area contributed by atoms with Crippen LogP contribution in [-0.2, 0) is 21.3 Å². The molecule has 2 atom stereocenters. The lowest BCUT2D eigenvalue weighted by atomic mass is 10.2. The molecule has 38 heavy (non-hydrogen) atoms. The van der Waals surface area contributed by atoms with Gasteiger partial charge in [0.2, 0.25) is 10.0 Å². The Labute approximate surface area is 230 Å². The molecule has 1 aliphatic heterocycles. The maximum atomic E-state index is 13.8. The van der Waals surface area contributed by atoms with Gasteiger partial charge in [0.05, 0.1) is 33.9 Å². The van der Waals surface area contributed by atoms with E-state index in [1.165, 1.54) is 27.8 Å². The Morgan fingerprint density at radius 2 is 1.76 bits per heavy atom. The third-order valence-electron chi connectivity index (χ3n) is 6.33. The fourth-order valence-electron chi connectivity index (χ4n) is 4.56. The molecule has 0 saturated carbocycles.